The summed E-state index contributed by atoms with van der Waals surface area (Å²) in [6.07, 6.45) is -0.506. The van der Waals surface area contributed by atoms with Crippen LogP contribution in [0.5, 0.6) is 5.75 Å². The Morgan fingerprint density at radius 3 is 2.67 bits per heavy atom. The van der Waals surface area contributed by atoms with Gasteiger partial charge in [-0.3, -0.25) is 10.3 Å². The maximum atomic E-state index is 12.1. The number of carbonyl (C=O) groups excluding carboxylic acids is 1. The molecule has 0 aliphatic carbocycles. The predicted octanol–water partition coefficient (Wildman–Crippen LogP) is 4.30. The van der Waals surface area contributed by atoms with Gasteiger partial charge >= 0.3 is 6.09 Å². The lowest BCUT2D eigenvalue weighted by molar-refractivity contribution is 0.155. The molecule has 1 aromatic heterocycles. The summed E-state index contributed by atoms with van der Waals surface area (Å²) in [5.74, 6) is 0.703. The molecule has 0 radical (unpaired) electrons. The summed E-state index contributed by atoms with van der Waals surface area (Å²) in [4.78, 5) is 16.6. The van der Waals surface area contributed by atoms with E-state index in [2.05, 4.69) is 10.3 Å². The Bertz CT molecular complexity index is 863. The Kier molecular flexibility index (Phi) is 4.61. The number of nitrogens with one attached hydrogen (secondary N) is 1. The van der Waals surface area contributed by atoms with Crippen LogP contribution in [-0.2, 0) is 11.3 Å². The molecule has 2 aromatic carbocycles. The molecule has 0 fully saturated rings. The number of fused-ring (bicyclic) bond motifs is 1. The van der Waals surface area contributed by atoms with E-state index in [9.17, 15) is 4.79 Å². The summed E-state index contributed by atoms with van der Waals surface area (Å²) in [6, 6.07) is 16.9. The van der Waals surface area contributed by atoms with Crippen molar-refractivity contribution < 1.29 is 14.3 Å². The highest BCUT2D eigenvalue weighted by molar-refractivity contribution is 5.99. The van der Waals surface area contributed by atoms with Crippen molar-refractivity contribution in [3.63, 3.8) is 0 Å². The van der Waals surface area contributed by atoms with Gasteiger partial charge in [-0.05, 0) is 36.8 Å². The predicted molar refractivity (Wildman–Crippen MR) is 93.3 cm³/mol. The van der Waals surface area contributed by atoms with Crippen LogP contribution in [0.15, 0.2) is 54.6 Å². The third-order valence-electron chi connectivity index (χ3n) is 3.59. The molecular formula is C19H18N2O3. The largest absolute Gasteiger partial charge is 0.497 e. The highest BCUT2D eigenvalue weighted by Crippen LogP contribution is 2.27. The van der Waals surface area contributed by atoms with Crippen LogP contribution in [-0.4, -0.2) is 18.2 Å². The molecule has 3 rings (SSSR count). The highest BCUT2D eigenvalue weighted by Gasteiger charge is 2.10. The van der Waals surface area contributed by atoms with Crippen molar-refractivity contribution in [2.45, 2.75) is 13.5 Å². The molecule has 3 aromatic rings. The zero-order valence-corrected chi connectivity index (χ0v) is 13.6. The molecule has 0 saturated carbocycles. The first-order valence-corrected chi connectivity index (χ1v) is 7.59. The minimum Gasteiger partial charge on any atom is -0.497 e. The molecule has 1 amide bonds. The second-order valence-corrected chi connectivity index (χ2v) is 5.38. The second-order valence-electron chi connectivity index (χ2n) is 5.38. The van der Waals surface area contributed by atoms with Gasteiger partial charge in [0.25, 0.3) is 0 Å². The highest BCUT2D eigenvalue weighted by atomic mass is 16.5. The van der Waals surface area contributed by atoms with Crippen molar-refractivity contribution in [2.75, 3.05) is 12.4 Å². The first-order valence-electron chi connectivity index (χ1n) is 7.59. The van der Waals surface area contributed by atoms with E-state index in [0.29, 0.717) is 11.4 Å². The number of anilines is 1. The fraction of sp³-hybridized carbons (Fsp3) is 0.158. The number of ether oxygens (including phenoxy) is 2. The Balaban J connectivity index is 1.79. The summed E-state index contributed by atoms with van der Waals surface area (Å²) in [6.45, 7) is 2.10. The topological polar surface area (TPSA) is 60.5 Å². The Labute approximate surface area is 140 Å². The van der Waals surface area contributed by atoms with Crippen molar-refractivity contribution in [2.24, 2.45) is 0 Å². The molecule has 1 heterocycles. The number of hydrogen-bond donors (Lipinski definition) is 1. The van der Waals surface area contributed by atoms with Crippen molar-refractivity contribution in [3.8, 4) is 5.75 Å². The quantitative estimate of drug-likeness (QED) is 0.778. The lowest BCUT2D eigenvalue weighted by Crippen LogP contribution is -2.14. The van der Waals surface area contributed by atoms with Crippen LogP contribution in [0.3, 0.4) is 0 Å². The van der Waals surface area contributed by atoms with E-state index in [4.69, 9.17) is 9.47 Å². The summed E-state index contributed by atoms with van der Waals surface area (Å²) < 4.78 is 10.5. The van der Waals surface area contributed by atoms with Crippen LogP contribution in [0.1, 0.15) is 11.3 Å². The summed E-state index contributed by atoms with van der Waals surface area (Å²) >= 11 is 0. The van der Waals surface area contributed by atoms with Gasteiger partial charge in [0.15, 0.2) is 0 Å². The van der Waals surface area contributed by atoms with E-state index in [1.165, 1.54) is 0 Å². The number of pyridine rings is 1. The van der Waals surface area contributed by atoms with Crippen molar-refractivity contribution in [3.05, 3.63) is 65.9 Å². The number of hydrogen-bond acceptors (Lipinski definition) is 4. The molecule has 5 nitrogen and oxygen atoms in total. The van der Waals surface area contributed by atoms with Crippen LogP contribution >= 0.6 is 0 Å². The van der Waals surface area contributed by atoms with Crippen LogP contribution in [0, 0.1) is 6.92 Å². The van der Waals surface area contributed by atoms with Gasteiger partial charge in [0, 0.05) is 11.1 Å². The van der Waals surface area contributed by atoms with E-state index >= 15 is 0 Å². The second kappa shape index (κ2) is 7.00. The Morgan fingerprint density at radius 2 is 1.92 bits per heavy atom. The van der Waals surface area contributed by atoms with Crippen LogP contribution in [0.4, 0.5) is 10.5 Å². The summed E-state index contributed by atoms with van der Waals surface area (Å²) in [5.41, 5.74) is 3.18. The molecule has 0 unspecified atom stereocenters. The maximum absolute atomic E-state index is 12.1. The van der Waals surface area contributed by atoms with Gasteiger partial charge in [0.2, 0.25) is 0 Å². The first-order chi connectivity index (χ1) is 11.7. The van der Waals surface area contributed by atoms with Crippen LogP contribution < -0.4 is 10.1 Å². The van der Waals surface area contributed by atoms with E-state index in [1.807, 2.05) is 61.5 Å². The Morgan fingerprint density at radius 1 is 1.12 bits per heavy atom. The molecule has 0 aliphatic heterocycles. The zero-order chi connectivity index (χ0) is 16.9. The smallest absolute Gasteiger partial charge is 0.411 e. The number of aromatic nitrogens is 1. The van der Waals surface area contributed by atoms with Gasteiger partial charge < -0.3 is 9.47 Å². The molecule has 0 spiro atoms. The minimum absolute atomic E-state index is 0.220. The van der Waals surface area contributed by atoms with Gasteiger partial charge in [-0.2, -0.15) is 0 Å². The van der Waals surface area contributed by atoms with E-state index < -0.39 is 6.09 Å². The van der Waals surface area contributed by atoms with Crippen LogP contribution in [0.25, 0.3) is 10.9 Å². The third kappa shape index (κ3) is 3.63. The van der Waals surface area contributed by atoms with Crippen LogP contribution in [0.2, 0.25) is 0 Å². The SMILES string of the molecule is COc1ccc2nc(C)cc(NC(=O)OCc3ccccc3)c2c1. The van der Waals surface area contributed by atoms with Gasteiger partial charge in [0.05, 0.1) is 18.3 Å². The standard InChI is InChI=1S/C19H18N2O3/c1-13-10-18(16-11-15(23-2)8-9-17(16)20-13)21-19(22)24-12-14-6-4-3-5-7-14/h3-11H,12H2,1-2H3,(H,20,21,22). The molecule has 24 heavy (non-hydrogen) atoms. The van der Waals surface area contributed by atoms with E-state index in [1.54, 1.807) is 7.11 Å². The molecule has 5 heteroatoms. The van der Waals surface area contributed by atoms with Gasteiger partial charge in [0.1, 0.15) is 12.4 Å². The number of nitrogens with zero attached hydrogens (tertiary/aromatic N) is 1. The normalized spacial score (nSPS) is 10.4. The molecule has 0 atom stereocenters. The molecule has 1 N–H and O–H groups in total. The molecule has 0 saturated heterocycles. The molecule has 0 aliphatic rings. The summed E-state index contributed by atoms with van der Waals surface area (Å²) in [7, 11) is 1.60. The number of methoxy groups -OCH3 is 1. The number of rotatable bonds is 4. The average Bonchev–Trinajstić information content (AvgIpc) is 2.60. The number of carbonyl (C=O) groups is 1. The average molecular weight is 322 g/mol. The fourth-order valence-corrected chi connectivity index (χ4v) is 2.44. The molecule has 122 valence electrons. The van der Waals surface area contributed by atoms with E-state index in [0.717, 1.165) is 22.2 Å². The lowest BCUT2D eigenvalue weighted by Gasteiger charge is -2.11. The fourth-order valence-electron chi connectivity index (χ4n) is 2.44. The zero-order valence-electron chi connectivity index (χ0n) is 13.6. The van der Waals surface area contributed by atoms with Crippen molar-refractivity contribution in [1.29, 1.82) is 0 Å². The molecule has 0 bridgehead atoms. The monoisotopic (exact) mass is 322 g/mol. The third-order valence-corrected chi connectivity index (χ3v) is 3.59. The van der Waals surface area contributed by atoms with Gasteiger partial charge in [-0.25, -0.2) is 4.79 Å². The van der Waals surface area contributed by atoms with Crippen molar-refractivity contribution >= 4 is 22.7 Å². The van der Waals surface area contributed by atoms with Crippen molar-refractivity contribution in [1.82, 2.24) is 4.98 Å². The maximum Gasteiger partial charge on any atom is 0.411 e. The molecular weight excluding hydrogens is 304 g/mol. The van der Waals surface area contributed by atoms with Gasteiger partial charge in [-0.1, -0.05) is 30.3 Å². The lowest BCUT2D eigenvalue weighted by atomic mass is 10.1. The number of amides is 1. The van der Waals surface area contributed by atoms with Gasteiger partial charge in [-0.15, -0.1) is 0 Å². The number of benzene rings is 2. The summed E-state index contributed by atoms with van der Waals surface area (Å²) in [5, 5.41) is 3.59. The Hall–Kier alpha value is -3.08. The number of aryl methyl sites for hydroxylation is 1. The minimum atomic E-state index is -0.506. The first kappa shape index (κ1) is 15.8. The van der Waals surface area contributed by atoms with E-state index in [-0.39, 0.29) is 6.61 Å².